The average molecular weight is 395 g/mol. The van der Waals surface area contributed by atoms with Crippen molar-refractivity contribution in [3.63, 3.8) is 0 Å². The normalized spacial score (nSPS) is 13.5. The van der Waals surface area contributed by atoms with Crippen LogP contribution >= 0.6 is 0 Å². The molecule has 0 spiro atoms. The molecule has 31 heavy (non-hydrogen) atoms. The molecule has 0 atom stereocenters. The fraction of sp³-hybridized carbons (Fsp3) is 0.0714. The summed E-state index contributed by atoms with van der Waals surface area (Å²) in [6.45, 7) is 0. The number of aromatic nitrogens is 3. The van der Waals surface area contributed by atoms with Crippen LogP contribution in [-0.2, 0) is 12.8 Å². The summed E-state index contributed by atoms with van der Waals surface area (Å²) in [5.41, 5.74) is 14.5. The molecule has 0 N–H and O–H groups in total. The van der Waals surface area contributed by atoms with Crippen molar-refractivity contribution in [3.05, 3.63) is 102 Å². The Balaban J connectivity index is 1.55. The van der Waals surface area contributed by atoms with Crippen molar-refractivity contribution in [3.8, 4) is 22.3 Å². The number of benzene rings is 3. The lowest BCUT2D eigenvalue weighted by molar-refractivity contribution is 1.23. The van der Waals surface area contributed by atoms with Crippen LogP contribution in [0.2, 0.25) is 0 Å². The maximum Gasteiger partial charge on any atom is 0.145 e. The standard InChI is InChI=1S/C28H17N3/c1-2-5-19-16(4-1)14-17-7-9-20-22(24(17)19)15-18-8-10-21-26(25(18)20)27-23(6-3-11-29-27)31-13-12-30-28(21)31/h1-13H,14-15H2. The van der Waals surface area contributed by atoms with Crippen molar-refractivity contribution in [2.75, 3.05) is 0 Å². The van der Waals surface area contributed by atoms with E-state index in [0.717, 1.165) is 29.5 Å². The third-order valence-electron chi connectivity index (χ3n) is 7.16. The topological polar surface area (TPSA) is 30.2 Å². The molecule has 3 heteroatoms. The van der Waals surface area contributed by atoms with Crippen LogP contribution in [0.15, 0.2) is 79.3 Å². The van der Waals surface area contributed by atoms with Gasteiger partial charge in [0.15, 0.2) is 0 Å². The van der Waals surface area contributed by atoms with E-state index in [1.165, 1.54) is 55.3 Å². The van der Waals surface area contributed by atoms with Gasteiger partial charge in [0, 0.05) is 29.4 Å². The fourth-order valence-electron chi connectivity index (χ4n) is 5.93. The molecule has 0 radical (unpaired) electrons. The number of imidazole rings is 1. The SMILES string of the molecule is c1ccc2c(c1)Cc1ccc3c(c1-2)Cc1ccc2c(c1-3)c1ncccc1n1ccnc21. The van der Waals surface area contributed by atoms with Gasteiger partial charge in [0.2, 0.25) is 0 Å². The highest BCUT2D eigenvalue weighted by atomic mass is 15.0. The smallest absolute Gasteiger partial charge is 0.145 e. The molecule has 2 aliphatic carbocycles. The van der Waals surface area contributed by atoms with Crippen molar-refractivity contribution in [1.82, 2.24) is 14.4 Å². The summed E-state index contributed by atoms with van der Waals surface area (Å²) in [7, 11) is 0. The van der Waals surface area contributed by atoms with Crippen molar-refractivity contribution in [1.29, 1.82) is 0 Å². The Bertz CT molecular complexity index is 1740. The van der Waals surface area contributed by atoms with E-state index in [9.17, 15) is 0 Å². The van der Waals surface area contributed by atoms with Gasteiger partial charge in [-0.1, -0.05) is 48.5 Å². The van der Waals surface area contributed by atoms with E-state index < -0.39 is 0 Å². The maximum atomic E-state index is 4.85. The van der Waals surface area contributed by atoms with Crippen LogP contribution in [0.25, 0.3) is 49.7 Å². The zero-order valence-corrected chi connectivity index (χ0v) is 16.8. The molecular weight excluding hydrogens is 378 g/mol. The second kappa shape index (κ2) is 5.38. The van der Waals surface area contributed by atoms with Crippen LogP contribution in [0.1, 0.15) is 22.3 Å². The van der Waals surface area contributed by atoms with Gasteiger partial charge in [0.1, 0.15) is 5.65 Å². The minimum atomic E-state index is 0.978. The van der Waals surface area contributed by atoms with Gasteiger partial charge < -0.3 is 0 Å². The second-order valence-corrected chi connectivity index (χ2v) is 8.65. The Labute approximate surface area is 178 Å². The summed E-state index contributed by atoms with van der Waals surface area (Å²) >= 11 is 0. The van der Waals surface area contributed by atoms with Gasteiger partial charge in [-0.25, -0.2) is 4.98 Å². The zero-order valence-electron chi connectivity index (χ0n) is 16.8. The molecule has 8 rings (SSSR count). The summed E-state index contributed by atoms with van der Waals surface area (Å²) in [5.74, 6) is 0. The van der Waals surface area contributed by atoms with Gasteiger partial charge in [-0.05, 0) is 69.5 Å². The van der Waals surface area contributed by atoms with Crippen LogP contribution in [0, 0.1) is 0 Å². The van der Waals surface area contributed by atoms with Gasteiger partial charge in [0.05, 0.1) is 11.0 Å². The number of hydrogen-bond acceptors (Lipinski definition) is 2. The van der Waals surface area contributed by atoms with Crippen molar-refractivity contribution < 1.29 is 0 Å². The molecule has 0 saturated carbocycles. The van der Waals surface area contributed by atoms with Crippen LogP contribution in [0.5, 0.6) is 0 Å². The van der Waals surface area contributed by atoms with Crippen LogP contribution in [0.3, 0.4) is 0 Å². The van der Waals surface area contributed by atoms with Crippen molar-refractivity contribution >= 4 is 27.5 Å². The van der Waals surface area contributed by atoms with E-state index in [4.69, 9.17) is 9.97 Å². The fourth-order valence-corrected chi connectivity index (χ4v) is 5.93. The van der Waals surface area contributed by atoms with E-state index in [0.29, 0.717) is 0 Å². The first kappa shape index (κ1) is 15.8. The Hall–Kier alpha value is -3.98. The second-order valence-electron chi connectivity index (χ2n) is 8.65. The maximum absolute atomic E-state index is 4.85. The minimum Gasteiger partial charge on any atom is -0.298 e. The molecular formula is C28H17N3. The highest BCUT2D eigenvalue weighted by Crippen LogP contribution is 2.50. The molecule has 6 aromatic rings. The average Bonchev–Trinajstić information content (AvgIpc) is 3.53. The lowest BCUT2D eigenvalue weighted by Crippen LogP contribution is -1.94. The lowest BCUT2D eigenvalue weighted by atomic mass is 9.93. The van der Waals surface area contributed by atoms with E-state index >= 15 is 0 Å². The molecule has 0 bridgehead atoms. The molecule has 0 amide bonds. The molecule has 3 aromatic heterocycles. The Morgan fingerprint density at radius 3 is 2.58 bits per heavy atom. The van der Waals surface area contributed by atoms with Crippen LogP contribution in [0.4, 0.5) is 0 Å². The molecule has 2 aliphatic rings. The van der Waals surface area contributed by atoms with Gasteiger partial charge in [-0.2, -0.15) is 0 Å². The zero-order chi connectivity index (χ0) is 20.1. The van der Waals surface area contributed by atoms with E-state index in [1.54, 1.807) is 0 Å². The third kappa shape index (κ3) is 1.85. The number of rotatable bonds is 0. The first-order chi connectivity index (χ1) is 15.4. The first-order valence-corrected chi connectivity index (χ1v) is 10.8. The minimum absolute atomic E-state index is 0.978. The van der Waals surface area contributed by atoms with Gasteiger partial charge >= 0.3 is 0 Å². The molecule has 3 aromatic carbocycles. The highest BCUT2D eigenvalue weighted by molar-refractivity contribution is 6.18. The van der Waals surface area contributed by atoms with E-state index in [-0.39, 0.29) is 0 Å². The summed E-state index contributed by atoms with van der Waals surface area (Å²) < 4.78 is 2.16. The number of fused-ring (bicyclic) bond motifs is 14. The van der Waals surface area contributed by atoms with Gasteiger partial charge in [-0.15, -0.1) is 0 Å². The highest BCUT2D eigenvalue weighted by Gasteiger charge is 2.30. The number of nitrogens with zero attached hydrogens (tertiary/aromatic N) is 3. The predicted octanol–water partition coefficient (Wildman–Crippen LogP) is 6.18. The Morgan fingerprint density at radius 2 is 1.58 bits per heavy atom. The largest absolute Gasteiger partial charge is 0.298 e. The Kier molecular flexibility index (Phi) is 2.74. The van der Waals surface area contributed by atoms with Crippen LogP contribution < -0.4 is 0 Å². The monoisotopic (exact) mass is 395 g/mol. The quantitative estimate of drug-likeness (QED) is 0.287. The van der Waals surface area contributed by atoms with Crippen LogP contribution in [-0.4, -0.2) is 14.4 Å². The third-order valence-corrected chi connectivity index (χ3v) is 7.16. The molecule has 3 heterocycles. The van der Waals surface area contributed by atoms with Crippen molar-refractivity contribution in [2.45, 2.75) is 12.8 Å². The lowest BCUT2D eigenvalue weighted by Gasteiger charge is -2.13. The predicted molar refractivity (Wildman–Crippen MR) is 124 cm³/mol. The molecule has 0 fully saturated rings. The van der Waals surface area contributed by atoms with E-state index in [2.05, 4.69) is 59.0 Å². The first-order valence-electron chi connectivity index (χ1n) is 10.8. The molecule has 3 nitrogen and oxygen atoms in total. The molecule has 0 saturated heterocycles. The Morgan fingerprint density at radius 1 is 0.677 bits per heavy atom. The molecule has 0 unspecified atom stereocenters. The summed E-state index contributed by atoms with van der Waals surface area (Å²) in [6.07, 6.45) is 7.83. The number of hydrogen-bond donors (Lipinski definition) is 0. The van der Waals surface area contributed by atoms with Crippen molar-refractivity contribution in [2.24, 2.45) is 0 Å². The molecule has 0 aliphatic heterocycles. The van der Waals surface area contributed by atoms with E-state index in [1.807, 2.05) is 24.7 Å². The van der Waals surface area contributed by atoms with Gasteiger partial charge in [-0.3, -0.25) is 9.38 Å². The summed E-state index contributed by atoms with van der Waals surface area (Å²) in [5, 5.41) is 2.40. The summed E-state index contributed by atoms with van der Waals surface area (Å²) in [6, 6.07) is 22.2. The summed E-state index contributed by atoms with van der Waals surface area (Å²) in [4.78, 5) is 9.55. The van der Waals surface area contributed by atoms with Gasteiger partial charge in [0.25, 0.3) is 0 Å². The number of pyridine rings is 2. The molecule has 144 valence electrons.